The first kappa shape index (κ1) is 18.6. The molecule has 5 nitrogen and oxygen atoms in total. The number of rotatable bonds is 7. The highest BCUT2D eigenvalue weighted by atomic mass is 32.1. The van der Waals surface area contributed by atoms with Crippen LogP contribution in [0.25, 0.3) is 0 Å². The van der Waals surface area contributed by atoms with Crippen molar-refractivity contribution >= 4 is 28.7 Å². The lowest BCUT2D eigenvalue weighted by atomic mass is 9.93. The van der Waals surface area contributed by atoms with Crippen molar-refractivity contribution < 1.29 is 14.3 Å². The second-order valence-corrected chi connectivity index (χ2v) is 7.43. The highest BCUT2D eigenvalue weighted by molar-refractivity contribution is 7.12. The van der Waals surface area contributed by atoms with Crippen LogP contribution < -0.4 is 10.1 Å². The molecule has 138 valence electrons. The molecule has 6 heteroatoms. The van der Waals surface area contributed by atoms with Gasteiger partial charge in [0.05, 0.1) is 17.7 Å². The maximum absolute atomic E-state index is 12.5. The second-order valence-electron chi connectivity index (χ2n) is 6.48. The molecule has 1 saturated heterocycles. The molecule has 1 amide bonds. The fourth-order valence-electron chi connectivity index (χ4n) is 3.31. The summed E-state index contributed by atoms with van der Waals surface area (Å²) in [5.74, 6) is 0.893. The van der Waals surface area contributed by atoms with Gasteiger partial charge in [-0.3, -0.25) is 9.59 Å². The summed E-state index contributed by atoms with van der Waals surface area (Å²) in [6.07, 6.45) is 2.33. The maximum atomic E-state index is 12.5. The molecule has 0 radical (unpaired) electrons. The van der Waals surface area contributed by atoms with Gasteiger partial charge in [-0.05, 0) is 43.0 Å². The van der Waals surface area contributed by atoms with Crippen molar-refractivity contribution in [2.45, 2.75) is 19.3 Å². The van der Waals surface area contributed by atoms with E-state index in [1.165, 1.54) is 11.3 Å². The first-order valence-electron chi connectivity index (χ1n) is 8.90. The number of hydrogen-bond donors (Lipinski definition) is 1. The van der Waals surface area contributed by atoms with Crippen LogP contribution in [0.2, 0.25) is 0 Å². The van der Waals surface area contributed by atoms with Gasteiger partial charge in [0, 0.05) is 25.4 Å². The molecule has 1 aliphatic rings. The largest absolute Gasteiger partial charge is 0.495 e. The minimum atomic E-state index is -0.0405. The third kappa shape index (κ3) is 4.71. The molecule has 26 heavy (non-hydrogen) atoms. The van der Waals surface area contributed by atoms with Gasteiger partial charge >= 0.3 is 0 Å². The quantitative estimate of drug-likeness (QED) is 0.753. The van der Waals surface area contributed by atoms with Gasteiger partial charge in [0.15, 0.2) is 5.78 Å². The number of nitrogens with one attached hydrogen (secondary N) is 1. The van der Waals surface area contributed by atoms with Crippen LogP contribution >= 0.6 is 11.3 Å². The average molecular weight is 372 g/mol. The van der Waals surface area contributed by atoms with E-state index < -0.39 is 0 Å². The molecule has 1 aromatic heterocycles. The molecule has 0 aliphatic carbocycles. The zero-order chi connectivity index (χ0) is 18.4. The molecule has 1 atom stereocenters. The molecule has 2 aromatic rings. The van der Waals surface area contributed by atoms with Gasteiger partial charge in [0.25, 0.3) is 0 Å². The summed E-state index contributed by atoms with van der Waals surface area (Å²) in [6, 6.07) is 11.2. The normalized spacial score (nSPS) is 17.7. The number of methoxy groups -OCH3 is 1. The molecule has 1 aromatic carbocycles. The lowest BCUT2D eigenvalue weighted by molar-refractivity contribution is -0.116. The Hall–Kier alpha value is -2.18. The number of para-hydroxylation sites is 2. The van der Waals surface area contributed by atoms with Gasteiger partial charge in [0.2, 0.25) is 5.91 Å². The van der Waals surface area contributed by atoms with Crippen molar-refractivity contribution in [3.8, 4) is 5.75 Å². The Balaban J connectivity index is 1.49. The summed E-state index contributed by atoms with van der Waals surface area (Å²) in [4.78, 5) is 27.9. The Bertz CT molecular complexity index is 745. The lowest BCUT2D eigenvalue weighted by Crippen LogP contribution is -2.40. The molecule has 0 saturated carbocycles. The molecule has 0 bridgehead atoms. The standard InChI is InChI=1S/C20H24N2O3S/c1-25-17-8-3-2-7-16(17)21-19(23)10-12-22-11-4-6-15(14-22)20(24)18-9-5-13-26-18/h2-3,5,7-9,13,15H,4,6,10-12,14H2,1H3,(H,21,23). The van der Waals surface area contributed by atoms with Crippen molar-refractivity contribution in [1.29, 1.82) is 0 Å². The van der Waals surface area contributed by atoms with Crippen molar-refractivity contribution in [2.75, 3.05) is 32.1 Å². The van der Waals surface area contributed by atoms with E-state index in [1.807, 2.05) is 41.8 Å². The number of piperidine rings is 1. The van der Waals surface area contributed by atoms with Crippen molar-refractivity contribution in [3.63, 3.8) is 0 Å². The molecular weight excluding hydrogens is 348 g/mol. The van der Waals surface area contributed by atoms with E-state index in [0.29, 0.717) is 24.4 Å². The van der Waals surface area contributed by atoms with E-state index in [-0.39, 0.29) is 17.6 Å². The maximum Gasteiger partial charge on any atom is 0.225 e. The zero-order valence-electron chi connectivity index (χ0n) is 14.9. The third-order valence-corrected chi connectivity index (χ3v) is 5.56. The Kier molecular flexibility index (Phi) is 6.41. The fraction of sp³-hybridized carbons (Fsp3) is 0.400. The predicted octanol–water partition coefficient (Wildman–Crippen LogP) is 3.68. The number of nitrogens with zero attached hydrogens (tertiary/aromatic N) is 1. The number of carbonyl (C=O) groups excluding carboxylic acids is 2. The summed E-state index contributed by atoms with van der Waals surface area (Å²) < 4.78 is 5.25. The first-order chi connectivity index (χ1) is 12.7. The van der Waals surface area contributed by atoms with Crippen LogP contribution in [0.5, 0.6) is 5.75 Å². The van der Waals surface area contributed by atoms with E-state index >= 15 is 0 Å². The van der Waals surface area contributed by atoms with Crippen LogP contribution in [0.4, 0.5) is 5.69 Å². The van der Waals surface area contributed by atoms with Gasteiger partial charge in [-0.2, -0.15) is 0 Å². The summed E-state index contributed by atoms with van der Waals surface area (Å²) >= 11 is 1.50. The van der Waals surface area contributed by atoms with Crippen molar-refractivity contribution in [2.24, 2.45) is 5.92 Å². The smallest absolute Gasteiger partial charge is 0.225 e. The van der Waals surface area contributed by atoms with E-state index in [4.69, 9.17) is 4.74 Å². The van der Waals surface area contributed by atoms with E-state index in [1.54, 1.807) is 7.11 Å². The number of hydrogen-bond acceptors (Lipinski definition) is 5. The molecule has 1 fully saturated rings. The Morgan fingerprint density at radius 2 is 2.12 bits per heavy atom. The molecular formula is C20H24N2O3S. The number of anilines is 1. The molecule has 0 spiro atoms. The van der Waals surface area contributed by atoms with Gasteiger partial charge in [-0.15, -0.1) is 11.3 Å². The van der Waals surface area contributed by atoms with Crippen LogP contribution in [-0.2, 0) is 4.79 Å². The number of likely N-dealkylation sites (tertiary alicyclic amines) is 1. The van der Waals surface area contributed by atoms with Crippen LogP contribution in [0.15, 0.2) is 41.8 Å². The lowest BCUT2D eigenvalue weighted by Gasteiger charge is -2.31. The van der Waals surface area contributed by atoms with E-state index in [9.17, 15) is 9.59 Å². The summed E-state index contributed by atoms with van der Waals surface area (Å²) in [6.45, 7) is 2.34. The van der Waals surface area contributed by atoms with Crippen molar-refractivity contribution in [3.05, 3.63) is 46.7 Å². The number of carbonyl (C=O) groups is 2. The van der Waals surface area contributed by atoms with Gasteiger partial charge in [-0.25, -0.2) is 0 Å². The minimum Gasteiger partial charge on any atom is -0.495 e. The van der Waals surface area contributed by atoms with Crippen LogP contribution in [0.3, 0.4) is 0 Å². The Morgan fingerprint density at radius 3 is 2.88 bits per heavy atom. The average Bonchev–Trinajstić information content (AvgIpc) is 3.21. The number of ether oxygens (including phenoxy) is 1. The first-order valence-corrected chi connectivity index (χ1v) is 9.78. The van der Waals surface area contributed by atoms with E-state index in [2.05, 4.69) is 10.2 Å². The SMILES string of the molecule is COc1ccccc1NC(=O)CCN1CCCC(C(=O)c2cccs2)C1. The monoisotopic (exact) mass is 372 g/mol. The predicted molar refractivity (Wildman–Crippen MR) is 104 cm³/mol. The van der Waals surface area contributed by atoms with Crippen LogP contribution in [0.1, 0.15) is 28.9 Å². The summed E-state index contributed by atoms with van der Waals surface area (Å²) in [5, 5.41) is 4.84. The topological polar surface area (TPSA) is 58.6 Å². The zero-order valence-corrected chi connectivity index (χ0v) is 15.8. The Morgan fingerprint density at radius 1 is 1.27 bits per heavy atom. The number of ketones is 1. The van der Waals surface area contributed by atoms with Crippen LogP contribution in [0, 0.1) is 5.92 Å². The van der Waals surface area contributed by atoms with Gasteiger partial charge < -0.3 is 15.0 Å². The number of amides is 1. The van der Waals surface area contributed by atoms with E-state index in [0.717, 1.165) is 30.8 Å². The molecule has 3 rings (SSSR count). The van der Waals surface area contributed by atoms with Gasteiger partial charge in [0.1, 0.15) is 5.75 Å². The number of benzene rings is 1. The molecule has 2 heterocycles. The highest BCUT2D eigenvalue weighted by Crippen LogP contribution is 2.24. The number of thiophene rings is 1. The summed E-state index contributed by atoms with van der Waals surface area (Å²) in [7, 11) is 1.59. The van der Waals surface area contributed by atoms with Crippen LogP contribution in [-0.4, -0.2) is 43.3 Å². The van der Waals surface area contributed by atoms with Gasteiger partial charge in [-0.1, -0.05) is 18.2 Å². The second kappa shape index (κ2) is 8.96. The molecule has 1 aliphatic heterocycles. The number of Topliss-reactive ketones (excluding diaryl/α,β-unsaturated/α-hetero) is 1. The molecule has 1 N–H and O–H groups in total. The minimum absolute atomic E-state index is 0.0405. The third-order valence-electron chi connectivity index (χ3n) is 4.68. The fourth-order valence-corrected chi connectivity index (χ4v) is 4.06. The molecule has 1 unspecified atom stereocenters. The highest BCUT2D eigenvalue weighted by Gasteiger charge is 2.27. The Labute approximate surface area is 158 Å². The summed E-state index contributed by atoms with van der Waals surface area (Å²) in [5.41, 5.74) is 0.685. The van der Waals surface area contributed by atoms with Crippen molar-refractivity contribution in [1.82, 2.24) is 4.90 Å².